The van der Waals surface area contributed by atoms with Gasteiger partial charge in [-0.25, -0.2) is 0 Å². The highest BCUT2D eigenvalue weighted by Crippen LogP contribution is 2.17. The third kappa shape index (κ3) is 3.83. The van der Waals surface area contributed by atoms with Crippen molar-refractivity contribution in [3.05, 3.63) is 22.6 Å². The molecule has 6 nitrogen and oxygen atoms in total. The molecular weight excluding hydrogens is 326 g/mol. The topological polar surface area (TPSA) is 79.8 Å². The maximum Gasteiger partial charge on any atom is 0.236 e. The average molecular weight is 344 g/mol. The smallest absolute Gasteiger partial charge is 0.236 e. The fourth-order valence-corrected chi connectivity index (χ4v) is 2.62. The van der Waals surface area contributed by atoms with E-state index in [1.165, 1.54) is 0 Å². The number of rotatable bonds is 5. The highest BCUT2D eigenvalue weighted by molar-refractivity contribution is 9.10. The SMILES string of the molecule is CN(Cc1ccc(Br)o1)C(=O)CN1CC[C@@H](C(N)=O)C1. The first-order valence-corrected chi connectivity index (χ1v) is 7.25. The Labute approximate surface area is 126 Å². The number of likely N-dealkylation sites (tertiary alicyclic amines) is 1. The Bertz CT molecular complexity index is 503. The van der Waals surface area contributed by atoms with Gasteiger partial charge in [0.25, 0.3) is 0 Å². The Morgan fingerprint density at radius 2 is 2.30 bits per heavy atom. The van der Waals surface area contributed by atoms with E-state index < -0.39 is 0 Å². The summed E-state index contributed by atoms with van der Waals surface area (Å²) in [5.41, 5.74) is 5.28. The molecule has 20 heavy (non-hydrogen) atoms. The van der Waals surface area contributed by atoms with E-state index in [2.05, 4.69) is 15.9 Å². The molecule has 2 N–H and O–H groups in total. The Morgan fingerprint density at radius 1 is 1.55 bits per heavy atom. The molecule has 0 bridgehead atoms. The molecule has 1 aliphatic rings. The van der Waals surface area contributed by atoms with Crippen LogP contribution in [-0.4, -0.2) is 48.3 Å². The van der Waals surface area contributed by atoms with Crippen LogP contribution in [-0.2, 0) is 16.1 Å². The van der Waals surface area contributed by atoms with Gasteiger partial charge in [-0.2, -0.15) is 0 Å². The van der Waals surface area contributed by atoms with Crippen LogP contribution >= 0.6 is 15.9 Å². The van der Waals surface area contributed by atoms with Crippen LogP contribution in [0, 0.1) is 5.92 Å². The Morgan fingerprint density at radius 3 is 2.85 bits per heavy atom. The summed E-state index contributed by atoms with van der Waals surface area (Å²) in [5, 5.41) is 0. The zero-order valence-corrected chi connectivity index (χ0v) is 12.9. The molecule has 0 radical (unpaired) electrons. The van der Waals surface area contributed by atoms with Gasteiger partial charge in [-0.15, -0.1) is 0 Å². The first kappa shape index (κ1) is 15.1. The Kier molecular flexibility index (Phi) is 4.82. The molecule has 0 spiro atoms. The minimum Gasteiger partial charge on any atom is -0.452 e. The lowest BCUT2D eigenvalue weighted by Gasteiger charge is -2.20. The Balaban J connectivity index is 1.81. The van der Waals surface area contributed by atoms with E-state index in [4.69, 9.17) is 10.2 Å². The molecular formula is C13H18BrN3O3. The molecule has 1 saturated heterocycles. The molecule has 1 aromatic heterocycles. The van der Waals surface area contributed by atoms with Crippen molar-refractivity contribution in [1.29, 1.82) is 0 Å². The summed E-state index contributed by atoms with van der Waals surface area (Å²) < 4.78 is 6.02. The van der Waals surface area contributed by atoms with Gasteiger partial charge in [-0.1, -0.05) is 0 Å². The van der Waals surface area contributed by atoms with Gasteiger partial charge in [0.15, 0.2) is 4.67 Å². The summed E-state index contributed by atoms with van der Waals surface area (Å²) in [5.74, 6) is 0.315. The summed E-state index contributed by atoms with van der Waals surface area (Å²) in [6.45, 7) is 2.04. The highest BCUT2D eigenvalue weighted by Gasteiger charge is 2.28. The highest BCUT2D eigenvalue weighted by atomic mass is 79.9. The van der Waals surface area contributed by atoms with E-state index in [-0.39, 0.29) is 17.7 Å². The summed E-state index contributed by atoms with van der Waals surface area (Å²) in [6, 6.07) is 3.62. The zero-order valence-electron chi connectivity index (χ0n) is 11.3. The fourth-order valence-electron chi connectivity index (χ4n) is 2.28. The molecule has 0 aromatic carbocycles. The number of hydrogen-bond donors (Lipinski definition) is 1. The lowest BCUT2D eigenvalue weighted by atomic mass is 10.1. The molecule has 1 fully saturated rings. The van der Waals surface area contributed by atoms with Crippen molar-refractivity contribution in [2.75, 3.05) is 26.7 Å². The predicted octanol–water partition coefficient (Wildman–Crippen LogP) is 0.808. The first-order chi connectivity index (χ1) is 9.45. The fraction of sp³-hybridized carbons (Fsp3) is 0.538. The van der Waals surface area contributed by atoms with E-state index in [0.717, 1.165) is 18.7 Å². The monoisotopic (exact) mass is 343 g/mol. The van der Waals surface area contributed by atoms with E-state index in [0.29, 0.717) is 24.3 Å². The standard InChI is InChI=1S/C13H18BrN3O3/c1-16(7-10-2-3-11(14)20-10)12(18)8-17-5-4-9(6-17)13(15)19/h2-3,9H,4-8H2,1H3,(H2,15,19)/t9-/m1/s1. The molecule has 1 atom stereocenters. The lowest BCUT2D eigenvalue weighted by molar-refractivity contribution is -0.132. The maximum atomic E-state index is 12.1. The molecule has 0 aliphatic carbocycles. The molecule has 0 saturated carbocycles. The number of carbonyl (C=O) groups is 2. The predicted molar refractivity (Wildman–Crippen MR) is 76.6 cm³/mol. The number of hydrogen-bond acceptors (Lipinski definition) is 4. The van der Waals surface area contributed by atoms with Crippen molar-refractivity contribution in [3.8, 4) is 0 Å². The van der Waals surface area contributed by atoms with Crippen LogP contribution in [0.15, 0.2) is 21.2 Å². The van der Waals surface area contributed by atoms with Gasteiger partial charge in [0.1, 0.15) is 5.76 Å². The number of likely N-dealkylation sites (N-methyl/N-ethyl adjacent to an activating group) is 1. The van der Waals surface area contributed by atoms with Gasteiger partial charge in [0, 0.05) is 13.6 Å². The van der Waals surface area contributed by atoms with Crippen LogP contribution in [0.1, 0.15) is 12.2 Å². The molecule has 110 valence electrons. The number of nitrogens with two attached hydrogens (primary N) is 1. The summed E-state index contributed by atoms with van der Waals surface area (Å²) in [7, 11) is 1.74. The van der Waals surface area contributed by atoms with Crippen LogP contribution in [0.5, 0.6) is 0 Å². The van der Waals surface area contributed by atoms with E-state index in [9.17, 15) is 9.59 Å². The minimum absolute atomic E-state index is 0.00245. The van der Waals surface area contributed by atoms with Crippen molar-refractivity contribution >= 4 is 27.7 Å². The molecule has 1 aliphatic heterocycles. The number of halogens is 1. The van der Waals surface area contributed by atoms with Crippen molar-refractivity contribution < 1.29 is 14.0 Å². The van der Waals surface area contributed by atoms with Gasteiger partial charge in [-0.05, 0) is 41.0 Å². The largest absolute Gasteiger partial charge is 0.452 e. The van der Waals surface area contributed by atoms with E-state index in [1.807, 2.05) is 11.0 Å². The number of carbonyl (C=O) groups excluding carboxylic acids is 2. The second-order valence-electron chi connectivity index (χ2n) is 5.08. The number of furan rings is 1. The van der Waals surface area contributed by atoms with Crippen LogP contribution in [0.4, 0.5) is 0 Å². The third-order valence-corrected chi connectivity index (χ3v) is 3.91. The summed E-state index contributed by atoms with van der Waals surface area (Å²) in [4.78, 5) is 26.8. The van der Waals surface area contributed by atoms with Crippen LogP contribution < -0.4 is 5.73 Å². The van der Waals surface area contributed by atoms with E-state index >= 15 is 0 Å². The van der Waals surface area contributed by atoms with Crippen molar-refractivity contribution in [3.63, 3.8) is 0 Å². The molecule has 7 heteroatoms. The summed E-state index contributed by atoms with van der Waals surface area (Å²) in [6.07, 6.45) is 0.734. The third-order valence-electron chi connectivity index (χ3n) is 3.48. The normalized spacial score (nSPS) is 19.2. The molecule has 2 heterocycles. The van der Waals surface area contributed by atoms with Gasteiger partial charge < -0.3 is 15.1 Å². The quantitative estimate of drug-likeness (QED) is 0.857. The van der Waals surface area contributed by atoms with Crippen molar-refractivity contribution in [1.82, 2.24) is 9.80 Å². The number of amides is 2. The van der Waals surface area contributed by atoms with Gasteiger partial charge >= 0.3 is 0 Å². The molecule has 2 rings (SSSR count). The van der Waals surface area contributed by atoms with Gasteiger partial charge in [0.2, 0.25) is 11.8 Å². The van der Waals surface area contributed by atoms with Gasteiger partial charge in [0.05, 0.1) is 19.0 Å². The van der Waals surface area contributed by atoms with Crippen molar-refractivity contribution in [2.24, 2.45) is 11.7 Å². The first-order valence-electron chi connectivity index (χ1n) is 6.45. The zero-order chi connectivity index (χ0) is 14.7. The van der Waals surface area contributed by atoms with E-state index in [1.54, 1.807) is 18.0 Å². The Hall–Kier alpha value is -1.34. The van der Waals surface area contributed by atoms with Gasteiger partial charge in [-0.3, -0.25) is 14.5 Å². The van der Waals surface area contributed by atoms with Crippen LogP contribution in [0.3, 0.4) is 0 Å². The second kappa shape index (κ2) is 6.41. The van der Waals surface area contributed by atoms with Crippen LogP contribution in [0.25, 0.3) is 0 Å². The molecule has 1 aromatic rings. The maximum absolute atomic E-state index is 12.1. The van der Waals surface area contributed by atoms with Crippen LogP contribution in [0.2, 0.25) is 0 Å². The average Bonchev–Trinajstić information content (AvgIpc) is 2.98. The lowest BCUT2D eigenvalue weighted by Crippen LogP contribution is -2.37. The second-order valence-corrected chi connectivity index (χ2v) is 5.86. The number of primary amides is 1. The minimum atomic E-state index is -0.284. The molecule has 2 amide bonds. The van der Waals surface area contributed by atoms with Crippen molar-refractivity contribution in [2.45, 2.75) is 13.0 Å². The molecule has 0 unspecified atom stereocenters. The number of nitrogens with zero attached hydrogens (tertiary/aromatic N) is 2. The summed E-state index contributed by atoms with van der Waals surface area (Å²) >= 11 is 3.23.